The predicted octanol–water partition coefficient (Wildman–Crippen LogP) is 2.26. The molecule has 0 unspecified atom stereocenters. The van der Waals surface area contributed by atoms with Gasteiger partial charge in [0.15, 0.2) is 5.69 Å². The van der Waals surface area contributed by atoms with Crippen LogP contribution in [0.3, 0.4) is 0 Å². The van der Waals surface area contributed by atoms with Crippen molar-refractivity contribution < 1.29 is 18.0 Å². The van der Waals surface area contributed by atoms with Crippen molar-refractivity contribution in [2.24, 2.45) is 5.73 Å². The second-order valence-electron chi connectivity index (χ2n) is 3.68. The van der Waals surface area contributed by atoms with Crippen molar-refractivity contribution >= 4 is 5.91 Å². The van der Waals surface area contributed by atoms with Crippen LogP contribution in [0.4, 0.5) is 13.2 Å². The second-order valence-corrected chi connectivity index (χ2v) is 3.68. The molecule has 0 spiro atoms. The van der Waals surface area contributed by atoms with E-state index in [1.54, 1.807) is 0 Å². The normalized spacial score (nSPS) is 11.3. The molecule has 4 nitrogen and oxygen atoms in total. The van der Waals surface area contributed by atoms with Gasteiger partial charge in [-0.15, -0.1) is 0 Å². The first-order chi connectivity index (χ1) is 8.91. The lowest BCUT2D eigenvalue weighted by atomic mass is 9.99. The average molecular weight is 267 g/mol. The molecule has 0 bridgehead atoms. The first kappa shape index (κ1) is 13.0. The predicted molar refractivity (Wildman–Crippen MR) is 61.0 cm³/mol. The van der Waals surface area contributed by atoms with Crippen LogP contribution < -0.4 is 5.73 Å². The van der Waals surface area contributed by atoms with Gasteiger partial charge in [0.25, 0.3) is 5.91 Å². The summed E-state index contributed by atoms with van der Waals surface area (Å²) < 4.78 is 38.5. The molecule has 0 aliphatic carbocycles. The number of hydrogen-bond donors (Lipinski definition) is 1. The topological polar surface area (TPSA) is 68.9 Å². The minimum atomic E-state index is -4.74. The fraction of sp³-hybridized carbons (Fsp3) is 0.0833. The van der Waals surface area contributed by atoms with Gasteiger partial charge in [-0.25, -0.2) is 0 Å². The van der Waals surface area contributed by atoms with Gasteiger partial charge in [-0.2, -0.15) is 13.2 Å². The Morgan fingerprint density at radius 3 is 2.26 bits per heavy atom. The van der Waals surface area contributed by atoms with E-state index in [-0.39, 0.29) is 5.56 Å². The molecule has 0 saturated carbocycles. The van der Waals surface area contributed by atoms with Crippen molar-refractivity contribution in [2.45, 2.75) is 6.18 Å². The summed E-state index contributed by atoms with van der Waals surface area (Å²) in [6, 6.07) is 4.29. The Balaban J connectivity index is 2.73. The van der Waals surface area contributed by atoms with Gasteiger partial charge < -0.3 is 5.73 Å². The number of carbonyl (C=O) groups excluding carboxylic acids is 1. The number of primary amides is 1. The largest absolute Gasteiger partial charge is 0.434 e. The summed E-state index contributed by atoms with van der Waals surface area (Å²) in [6.07, 6.45) is -0.931. The standard InChI is InChI=1S/C12H8F3N3O/c13-12(14,15)10-9(11(16)19)8(3-6-18-10)7-1-4-17-5-2-7/h1-6H,(H2,16,19). The Labute approximate surface area is 106 Å². The number of amides is 1. The van der Waals surface area contributed by atoms with Gasteiger partial charge in [0.1, 0.15) is 0 Å². The summed E-state index contributed by atoms with van der Waals surface area (Å²) >= 11 is 0. The van der Waals surface area contributed by atoms with E-state index in [1.807, 2.05) is 0 Å². The van der Waals surface area contributed by atoms with Crippen molar-refractivity contribution in [3.05, 3.63) is 48.0 Å². The van der Waals surface area contributed by atoms with Crippen molar-refractivity contribution in [1.29, 1.82) is 0 Å². The van der Waals surface area contributed by atoms with Gasteiger partial charge in [-0.1, -0.05) is 0 Å². The Morgan fingerprint density at radius 2 is 1.74 bits per heavy atom. The van der Waals surface area contributed by atoms with Gasteiger partial charge in [-0.3, -0.25) is 14.8 Å². The van der Waals surface area contributed by atoms with Crippen LogP contribution in [0.15, 0.2) is 36.8 Å². The molecule has 0 fully saturated rings. The Kier molecular flexibility index (Phi) is 3.20. The molecule has 1 amide bonds. The second kappa shape index (κ2) is 4.68. The lowest BCUT2D eigenvalue weighted by Crippen LogP contribution is -2.21. The minimum absolute atomic E-state index is 0.0808. The highest BCUT2D eigenvalue weighted by atomic mass is 19.4. The zero-order chi connectivity index (χ0) is 14.0. The van der Waals surface area contributed by atoms with E-state index >= 15 is 0 Å². The molecule has 2 rings (SSSR count). The Hall–Kier alpha value is -2.44. The van der Waals surface area contributed by atoms with Crippen LogP contribution in [0.5, 0.6) is 0 Å². The molecule has 0 aliphatic heterocycles. The number of rotatable bonds is 2. The first-order valence-corrected chi connectivity index (χ1v) is 5.17. The fourth-order valence-corrected chi connectivity index (χ4v) is 1.70. The smallest absolute Gasteiger partial charge is 0.366 e. The maximum absolute atomic E-state index is 12.8. The summed E-state index contributed by atoms with van der Waals surface area (Å²) in [7, 11) is 0. The SMILES string of the molecule is NC(=O)c1c(-c2ccncc2)ccnc1C(F)(F)F. The number of aromatic nitrogens is 2. The van der Waals surface area contributed by atoms with Gasteiger partial charge in [0.2, 0.25) is 0 Å². The highest BCUT2D eigenvalue weighted by Crippen LogP contribution is 2.34. The summed E-state index contributed by atoms with van der Waals surface area (Å²) in [4.78, 5) is 18.3. The molecular weight excluding hydrogens is 259 g/mol. The molecule has 0 atom stereocenters. The average Bonchev–Trinajstić information content (AvgIpc) is 2.37. The summed E-state index contributed by atoms with van der Waals surface area (Å²) in [5.41, 5.74) is 3.63. The van der Waals surface area contributed by atoms with E-state index in [0.29, 0.717) is 5.56 Å². The van der Waals surface area contributed by atoms with Gasteiger partial charge >= 0.3 is 6.18 Å². The van der Waals surface area contributed by atoms with Crippen LogP contribution in [0, 0.1) is 0 Å². The third kappa shape index (κ3) is 2.54. The molecule has 2 N–H and O–H groups in total. The van der Waals surface area contributed by atoms with E-state index in [1.165, 1.54) is 30.6 Å². The quantitative estimate of drug-likeness (QED) is 0.907. The summed E-state index contributed by atoms with van der Waals surface area (Å²) in [5, 5.41) is 0. The number of hydrogen-bond acceptors (Lipinski definition) is 3. The number of nitrogens with two attached hydrogens (primary N) is 1. The number of halogens is 3. The third-order valence-corrected chi connectivity index (χ3v) is 2.46. The van der Waals surface area contributed by atoms with Gasteiger partial charge in [-0.05, 0) is 29.3 Å². The summed E-state index contributed by atoms with van der Waals surface area (Å²) in [6.45, 7) is 0. The number of pyridine rings is 2. The number of nitrogens with zero attached hydrogens (tertiary/aromatic N) is 2. The molecule has 0 aliphatic rings. The van der Waals surface area contributed by atoms with Gasteiger partial charge in [0, 0.05) is 18.6 Å². The zero-order valence-corrected chi connectivity index (χ0v) is 9.48. The lowest BCUT2D eigenvalue weighted by Gasteiger charge is -2.13. The summed E-state index contributed by atoms with van der Waals surface area (Å²) in [5.74, 6) is -1.17. The van der Waals surface area contributed by atoms with E-state index in [0.717, 1.165) is 6.20 Å². The van der Waals surface area contributed by atoms with Crippen LogP contribution in [0.2, 0.25) is 0 Å². The van der Waals surface area contributed by atoms with Crippen LogP contribution in [-0.2, 0) is 6.18 Å². The monoisotopic (exact) mass is 267 g/mol. The first-order valence-electron chi connectivity index (χ1n) is 5.17. The van der Waals surface area contributed by atoms with Gasteiger partial charge in [0.05, 0.1) is 5.56 Å². The molecule has 0 saturated heterocycles. The molecule has 0 aromatic carbocycles. The van der Waals surface area contributed by atoms with Crippen LogP contribution in [0.1, 0.15) is 16.1 Å². The maximum atomic E-state index is 12.8. The lowest BCUT2D eigenvalue weighted by molar-refractivity contribution is -0.141. The van der Waals surface area contributed by atoms with Crippen molar-refractivity contribution in [1.82, 2.24) is 9.97 Å². The molecule has 0 radical (unpaired) electrons. The zero-order valence-electron chi connectivity index (χ0n) is 9.48. The van der Waals surface area contributed by atoms with Crippen molar-refractivity contribution in [2.75, 3.05) is 0 Å². The van der Waals surface area contributed by atoms with E-state index in [2.05, 4.69) is 9.97 Å². The highest BCUT2D eigenvalue weighted by Gasteiger charge is 2.38. The van der Waals surface area contributed by atoms with Crippen LogP contribution >= 0.6 is 0 Å². The van der Waals surface area contributed by atoms with Crippen molar-refractivity contribution in [3.63, 3.8) is 0 Å². The van der Waals surface area contributed by atoms with E-state index < -0.39 is 23.3 Å². The van der Waals surface area contributed by atoms with E-state index in [9.17, 15) is 18.0 Å². The Bertz CT molecular complexity index is 611. The molecule has 2 aromatic rings. The molecule has 19 heavy (non-hydrogen) atoms. The van der Waals surface area contributed by atoms with Crippen LogP contribution in [-0.4, -0.2) is 15.9 Å². The molecule has 7 heteroatoms. The molecule has 2 aromatic heterocycles. The highest BCUT2D eigenvalue weighted by molar-refractivity contribution is 6.01. The van der Waals surface area contributed by atoms with Crippen LogP contribution in [0.25, 0.3) is 11.1 Å². The molecule has 2 heterocycles. The third-order valence-electron chi connectivity index (χ3n) is 2.46. The van der Waals surface area contributed by atoms with Crippen molar-refractivity contribution in [3.8, 4) is 11.1 Å². The molecular formula is C12H8F3N3O. The Morgan fingerprint density at radius 1 is 1.11 bits per heavy atom. The number of carbonyl (C=O) groups is 1. The number of alkyl halides is 3. The molecule has 98 valence electrons. The fourth-order valence-electron chi connectivity index (χ4n) is 1.70. The minimum Gasteiger partial charge on any atom is -0.366 e. The van der Waals surface area contributed by atoms with E-state index in [4.69, 9.17) is 5.73 Å². The maximum Gasteiger partial charge on any atom is 0.434 e.